The van der Waals surface area contributed by atoms with Gasteiger partial charge in [-0.3, -0.25) is 9.78 Å². The maximum absolute atomic E-state index is 12.4. The second-order valence-electron chi connectivity index (χ2n) is 4.40. The molecule has 1 amide bonds. The molecule has 2 rings (SSSR count). The van der Waals surface area contributed by atoms with E-state index in [1.54, 1.807) is 0 Å². The van der Waals surface area contributed by atoms with Gasteiger partial charge in [-0.2, -0.15) is 0 Å². The molecule has 2 heterocycles. The van der Waals surface area contributed by atoms with Crippen LogP contribution in [0.1, 0.15) is 48.2 Å². The van der Waals surface area contributed by atoms with Crippen LogP contribution in [-0.4, -0.2) is 15.9 Å². The molecule has 0 aliphatic rings. The number of anilines is 1. The molecule has 2 aromatic heterocycles. The van der Waals surface area contributed by atoms with Crippen LogP contribution in [0.3, 0.4) is 0 Å². The van der Waals surface area contributed by atoms with Gasteiger partial charge in [-0.1, -0.05) is 13.8 Å². The lowest BCUT2D eigenvalue weighted by Gasteiger charge is -2.10. The predicted octanol–water partition coefficient (Wildman–Crippen LogP) is 3.38. The quantitative estimate of drug-likeness (QED) is 0.932. The summed E-state index contributed by atoms with van der Waals surface area (Å²) < 4.78 is 29.6. The number of carbonyl (C=O) groups is 1. The van der Waals surface area contributed by atoms with Gasteiger partial charge in [-0.05, 0) is 18.1 Å². The molecule has 7 heteroatoms. The molecule has 20 heavy (non-hydrogen) atoms. The first-order chi connectivity index (χ1) is 9.49. The average Bonchev–Trinajstić information content (AvgIpc) is 2.89. The van der Waals surface area contributed by atoms with E-state index in [-0.39, 0.29) is 11.7 Å². The minimum absolute atomic E-state index is 0.0622. The zero-order valence-corrected chi connectivity index (χ0v) is 10.9. The summed E-state index contributed by atoms with van der Waals surface area (Å²) in [6.07, 6.45) is 0.209. The Labute approximate surface area is 114 Å². The van der Waals surface area contributed by atoms with Crippen molar-refractivity contribution in [1.82, 2.24) is 9.97 Å². The van der Waals surface area contributed by atoms with Gasteiger partial charge in [0.05, 0.1) is 5.69 Å². The van der Waals surface area contributed by atoms with Gasteiger partial charge in [0.2, 0.25) is 0 Å². The molecule has 0 saturated heterocycles. The number of halogens is 2. The Kier molecular flexibility index (Phi) is 4.07. The van der Waals surface area contributed by atoms with E-state index >= 15 is 0 Å². The Morgan fingerprint density at radius 2 is 1.95 bits per heavy atom. The molecule has 0 atom stereocenters. The van der Waals surface area contributed by atoms with Gasteiger partial charge in [-0.25, -0.2) is 13.8 Å². The second-order valence-corrected chi connectivity index (χ2v) is 4.40. The normalized spacial score (nSPS) is 11.1. The van der Waals surface area contributed by atoms with E-state index in [1.807, 2.05) is 13.8 Å². The van der Waals surface area contributed by atoms with Gasteiger partial charge in [0.1, 0.15) is 0 Å². The Morgan fingerprint density at radius 3 is 2.55 bits per heavy atom. The van der Waals surface area contributed by atoms with Crippen molar-refractivity contribution < 1.29 is 18.0 Å². The van der Waals surface area contributed by atoms with Crippen molar-refractivity contribution in [2.24, 2.45) is 0 Å². The third kappa shape index (κ3) is 2.98. The van der Waals surface area contributed by atoms with Crippen LogP contribution in [-0.2, 0) is 0 Å². The van der Waals surface area contributed by atoms with E-state index in [0.717, 1.165) is 6.07 Å². The van der Waals surface area contributed by atoms with E-state index in [9.17, 15) is 13.6 Å². The molecule has 0 aliphatic carbocycles. The molecule has 2 aromatic rings. The summed E-state index contributed by atoms with van der Waals surface area (Å²) in [4.78, 5) is 20.1. The number of aromatic nitrogens is 2. The molecule has 5 nitrogen and oxygen atoms in total. The Morgan fingerprint density at radius 1 is 1.25 bits per heavy atom. The number of carbonyl (C=O) groups excluding carboxylic acids is 1. The van der Waals surface area contributed by atoms with Crippen LogP contribution in [0.5, 0.6) is 0 Å². The number of hydrogen-bond acceptors (Lipinski definition) is 4. The highest BCUT2D eigenvalue weighted by Crippen LogP contribution is 2.23. The van der Waals surface area contributed by atoms with Crippen molar-refractivity contribution in [1.29, 1.82) is 0 Å². The highest BCUT2D eigenvalue weighted by molar-refractivity contribution is 6.02. The van der Waals surface area contributed by atoms with Crippen molar-refractivity contribution in [2.75, 3.05) is 5.32 Å². The largest absolute Gasteiger partial charge is 0.450 e. The van der Waals surface area contributed by atoms with Crippen molar-refractivity contribution >= 4 is 11.7 Å². The minimum Gasteiger partial charge on any atom is -0.450 e. The fourth-order valence-electron chi connectivity index (χ4n) is 1.63. The molecule has 0 spiro atoms. The van der Waals surface area contributed by atoms with E-state index in [4.69, 9.17) is 4.42 Å². The topological polar surface area (TPSA) is 68.0 Å². The lowest BCUT2D eigenvalue weighted by atomic mass is 10.1. The second kappa shape index (κ2) is 5.77. The van der Waals surface area contributed by atoms with Crippen LogP contribution < -0.4 is 5.32 Å². The van der Waals surface area contributed by atoms with Gasteiger partial charge in [0.25, 0.3) is 12.3 Å². The molecule has 0 aromatic carbocycles. The zero-order chi connectivity index (χ0) is 14.7. The third-order valence-electron chi connectivity index (χ3n) is 2.57. The fourth-order valence-corrected chi connectivity index (χ4v) is 1.63. The first-order valence-electron chi connectivity index (χ1n) is 5.99. The number of nitrogens with zero attached hydrogens (tertiary/aromatic N) is 2. The summed E-state index contributed by atoms with van der Waals surface area (Å²) in [6, 6.07) is 2.27. The summed E-state index contributed by atoms with van der Waals surface area (Å²) >= 11 is 0. The van der Waals surface area contributed by atoms with Crippen molar-refractivity contribution in [2.45, 2.75) is 26.2 Å². The van der Waals surface area contributed by atoms with Crippen LogP contribution in [0.2, 0.25) is 0 Å². The molecular weight excluding hydrogens is 268 g/mol. The molecule has 0 aliphatic heterocycles. The maximum atomic E-state index is 12.4. The van der Waals surface area contributed by atoms with Crippen LogP contribution in [0.15, 0.2) is 28.9 Å². The lowest BCUT2D eigenvalue weighted by Crippen LogP contribution is -2.15. The SMILES string of the molecule is CC(C)c1nccnc1NC(=O)c1ccc(C(F)F)o1. The van der Waals surface area contributed by atoms with Crippen LogP contribution in [0.4, 0.5) is 14.6 Å². The summed E-state index contributed by atoms with van der Waals surface area (Å²) in [5.74, 6) is -1.02. The first kappa shape index (κ1) is 14.1. The zero-order valence-electron chi connectivity index (χ0n) is 10.9. The molecule has 0 radical (unpaired) electrons. The Balaban J connectivity index is 2.19. The summed E-state index contributed by atoms with van der Waals surface area (Å²) in [7, 11) is 0. The number of furan rings is 1. The fraction of sp³-hybridized carbons (Fsp3) is 0.308. The van der Waals surface area contributed by atoms with Crippen molar-refractivity contribution in [3.8, 4) is 0 Å². The Bertz CT molecular complexity index is 611. The number of rotatable bonds is 4. The summed E-state index contributed by atoms with van der Waals surface area (Å²) in [6.45, 7) is 3.81. The maximum Gasteiger partial charge on any atom is 0.295 e. The third-order valence-corrected chi connectivity index (χ3v) is 2.57. The molecular formula is C13H13F2N3O2. The lowest BCUT2D eigenvalue weighted by molar-refractivity contribution is 0.0964. The van der Waals surface area contributed by atoms with Crippen molar-refractivity contribution in [3.63, 3.8) is 0 Å². The standard InChI is InChI=1S/C13H13F2N3O2/c1-7(2)10-12(17-6-5-16-10)18-13(19)9-4-3-8(20-9)11(14)15/h3-7,11H,1-2H3,(H,17,18,19). The van der Waals surface area contributed by atoms with Gasteiger partial charge in [-0.15, -0.1) is 0 Å². The number of hydrogen-bond donors (Lipinski definition) is 1. The van der Waals surface area contributed by atoms with Crippen LogP contribution in [0.25, 0.3) is 0 Å². The van der Waals surface area contributed by atoms with E-state index in [2.05, 4.69) is 15.3 Å². The molecule has 0 fully saturated rings. The smallest absolute Gasteiger partial charge is 0.295 e. The number of nitrogens with one attached hydrogen (secondary N) is 1. The van der Waals surface area contributed by atoms with Crippen LogP contribution >= 0.6 is 0 Å². The molecule has 0 saturated carbocycles. The molecule has 0 unspecified atom stereocenters. The summed E-state index contributed by atoms with van der Waals surface area (Å²) in [5.41, 5.74) is 0.612. The molecule has 106 valence electrons. The molecule has 1 N–H and O–H groups in total. The van der Waals surface area contributed by atoms with Crippen molar-refractivity contribution in [3.05, 3.63) is 41.7 Å². The van der Waals surface area contributed by atoms with E-state index in [1.165, 1.54) is 18.5 Å². The average molecular weight is 281 g/mol. The van der Waals surface area contributed by atoms with E-state index in [0.29, 0.717) is 11.5 Å². The van der Waals surface area contributed by atoms with Gasteiger partial charge >= 0.3 is 0 Å². The van der Waals surface area contributed by atoms with Crippen LogP contribution in [0, 0.1) is 0 Å². The summed E-state index contributed by atoms with van der Waals surface area (Å²) in [5, 5.41) is 2.51. The highest BCUT2D eigenvalue weighted by atomic mass is 19.3. The minimum atomic E-state index is -2.75. The monoisotopic (exact) mass is 281 g/mol. The predicted molar refractivity (Wildman–Crippen MR) is 67.7 cm³/mol. The first-order valence-corrected chi connectivity index (χ1v) is 5.99. The Hall–Kier alpha value is -2.31. The van der Waals surface area contributed by atoms with Gasteiger partial charge < -0.3 is 9.73 Å². The highest BCUT2D eigenvalue weighted by Gasteiger charge is 2.18. The number of amides is 1. The number of alkyl halides is 2. The molecule has 0 bridgehead atoms. The van der Waals surface area contributed by atoms with Gasteiger partial charge in [0.15, 0.2) is 17.3 Å². The van der Waals surface area contributed by atoms with E-state index < -0.39 is 18.1 Å². The van der Waals surface area contributed by atoms with Gasteiger partial charge in [0, 0.05) is 12.4 Å².